The summed E-state index contributed by atoms with van der Waals surface area (Å²) >= 11 is 0. The number of carbonyl (C=O) groups is 2. The predicted molar refractivity (Wildman–Crippen MR) is 223 cm³/mol. The summed E-state index contributed by atoms with van der Waals surface area (Å²) < 4.78 is 40.4. The van der Waals surface area contributed by atoms with Crippen LogP contribution >= 0.6 is 0 Å². The molecule has 0 aromatic carbocycles. The van der Waals surface area contributed by atoms with Crippen LogP contribution in [0.15, 0.2) is 72.4 Å². The lowest BCUT2D eigenvalue weighted by Gasteiger charge is -2.59. The van der Waals surface area contributed by atoms with Gasteiger partial charge in [-0.3, -0.25) is 19.6 Å². The second-order valence-electron chi connectivity index (χ2n) is 20.8. The van der Waals surface area contributed by atoms with Gasteiger partial charge < -0.3 is 0 Å². The first-order valence-electron chi connectivity index (χ1n) is 22.3. The molecule has 0 radical (unpaired) electrons. The Morgan fingerprint density at radius 2 is 1.09 bits per heavy atom. The van der Waals surface area contributed by atoms with Crippen LogP contribution in [-0.2, 0) is 9.59 Å². The van der Waals surface area contributed by atoms with Crippen LogP contribution < -0.4 is 0 Å². The zero-order valence-electron chi connectivity index (χ0n) is 35.3. The molecule has 7 heteroatoms. The van der Waals surface area contributed by atoms with Gasteiger partial charge in [-0.2, -0.15) is 0 Å². The van der Waals surface area contributed by atoms with E-state index in [1.54, 1.807) is 18.3 Å². The number of alkyl halides is 2. The Labute approximate surface area is 343 Å². The highest BCUT2D eigenvalue weighted by Gasteiger charge is 2.60. The molecule has 0 aliphatic heterocycles. The van der Waals surface area contributed by atoms with E-state index in [-0.39, 0.29) is 33.0 Å². The van der Waals surface area contributed by atoms with Crippen LogP contribution in [0.3, 0.4) is 0 Å². The van der Waals surface area contributed by atoms with Crippen molar-refractivity contribution in [1.29, 1.82) is 0 Å². The maximum atomic E-state index is 13.8. The van der Waals surface area contributed by atoms with E-state index in [9.17, 15) is 22.8 Å². The Kier molecular flexibility index (Phi) is 9.79. The molecule has 4 saturated carbocycles. The molecule has 308 valence electrons. The monoisotopic (exact) mass is 790 g/mol. The van der Waals surface area contributed by atoms with Crippen molar-refractivity contribution >= 4 is 22.7 Å². The summed E-state index contributed by atoms with van der Waals surface area (Å²) in [4.78, 5) is 32.5. The molecular weight excluding hydrogens is 730 g/mol. The molecule has 4 fully saturated rings. The molecule has 0 bridgehead atoms. The molecule has 2 unspecified atom stereocenters. The van der Waals surface area contributed by atoms with E-state index in [2.05, 4.69) is 63.7 Å². The summed E-state index contributed by atoms with van der Waals surface area (Å²) in [5.74, 6) is 5.03. The minimum Gasteiger partial charge on any atom is -0.295 e. The van der Waals surface area contributed by atoms with Crippen molar-refractivity contribution in [2.45, 2.75) is 125 Å². The summed E-state index contributed by atoms with van der Waals surface area (Å²) in [6.45, 7) is 14.2. The number of hydrogen-bond donors (Lipinski definition) is 0. The summed E-state index contributed by atoms with van der Waals surface area (Å²) in [6.07, 6.45) is 24.7. The molecule has 0 saturated heterocycles. The van der Waals surface area contributed by atoms with Crippen molar-refractivity contribution in [3.63, 3.8) is 0 Å². The van der Waals surface area contributed by atoms with Crippen molar-refractivity contribution in [2.24, 2.45) is 69.0 Å². The quantitative estimate of drug-likeness (QED) is 0.311. The van der Waals surface area contributed by atoms with Gasteiger partial charge in [0.2, 0.25) is 0 Å². The molecule has 2 aromatic rings. The van der Waals surface area contributed by atoms with Gasteiger partial charge in [-0.15, -0.1) is 0 Å². The number of rotatable bonds is 3. The Hall–Kier alpha value is -3.61. The summed E-state index contributed by atoms with van der Waals surface area (Å²) in [5.41, 5.74) is 7.63. The average molecular weight is 791 g/mol. The van der Waals surface area contributed by atoms with Crippen molar-refractivity contribution < 1.29 is 22.8 Å². The zero-order chi connectivity index (χ0) is 40.9. The third-order valence-electron chi connectivity index (χ3n) is 18.1. The SMILES string of the molecule is CC1C[C@@H]2[C@H](CC[C@]3(C)C(c4cncc(C(F)F)c4)=CC[C@@H]23)[C@@]2(C)CCC(=O)C=C12.CC1C[C@@H]2[C@H](CC[C@]3(C)C(c4cncc(F)c4)=CC[C@@H]23)[C@@]2(C)CCC(=O)C=C12. The van der Waals surface area contributed by atoms with Crippen LogP contribution in [0.25, 0.3) is 11.1 Å². The third-order valence-corrected chi connectivity index (χ3v) is 18.1. The smallest absolute Gasteiger partial charge is 0.265 e. The van der Waals surface area contributed by atoms with Crippen LogP contribution in [0.4, 0.5) is 13.2 Å². The highest BCUT2D eigenvalue weighted by Crippen LogP contribution is 2.69. The number of carbonyl (C=O) groups excluding carboxylic acids is 2. The number of aromatic nitrogens is 2. The molecule has 0 amide bonds. The zero-order valence-corrected chi connectivity index (χ0v) is 35.3. The van der Waals surface area contributed by atoms with Gasteiger partial charge in [-0.05, 0) is 180 Å². The molecule has 2 heterocycles. The standard InChI is InChI=1S/C26H31F2NO.C25H30FNO/c1-15-10-19-21-5-4-20(16-11-17(24(27)28)14-29-13-16)25(21,2)9-7-22(19)26(3)8-6-18(30)12-23(15)26;1-15-10-19-21-5-4-20(16-11-17(26)14-27-13-16)24(21,2)9-7-22(19)25(3)8-6-18(28)12-23(15)25/h4,11-15,19,21-22,24H,5-10H2,1-3H3;4,11-15,19,21-22H,5-10H2,1-3H3/t15?,19-,21-,22-,25+,26+;15?,19-,21-,22-,24+,25+/m00/s1. The van der Waals surface area contributed by atoms with Crippen LogP contribution in [0.1, 0.15) is 142 Å². The molecule has 10 rings (SSSR count). The molecule has 0 N–H and O–H groups in total. The molecule has 58 heavy (non-hydrogen) atoms. The van der Waals surface area contributed by atoms with E-state index in [1.165, 1.54) is 47.5 Å². The number of pyridine rings is 2. The van der Waals surface area contributed by atoms with Gasteiger partial charge in [-0.25, -0.2) is 13.2 Å². The normalized spacial score (nSPS) is 41.3. The molecule has 0 spiro atoms. The van der Waals surface area contributed by atoms with Gasteiger partial charge in [0.25, 0.3) is 6.43 Å². The average Bonchev–Trinajstić information content (AvgIpc) is 3.74. The number of fused-ring (bicyclic) bond motifs is 10. The third kappa shape index (κ3) is 6.12. The molecule has 8 aliphatic rings. The predicted octanol–water partition coefficient (Wildman–Crippen LogP) is 12.8. The second-order valence-corrected chi connectivity index (χ2v) is 20.8. The van der Waals surface area contributed by atoms with Crippen LogP contribution in [0, 0.1) is 74.8 Å². The number of allylic oxidation sites excluding steroid dienone is 8. The van der Waals surface area contributed by atoms with Crippen LogP contribution in [0.5, 0.6) is 0 Å². The maximum Gasteiger partial charge on any atom is 0.265 e. The molecule has 2 aromatic heterocycles. The molecule has 4 nitrogen and oxygen atoms in total. The van der Waals surface area contributed by atoms with E-state index in [0.29, 0.717) is 71.8 Å². The molecular formula is C51H61F3N2O2. The number of ketones is 2. The lowest BCUT2D eigenvalue weighted by atomic mass is 9.45. The fraction of sp³-hybridized carbons (Fsp3) is 0.608. The fourth-order valence-electron chi connectivity index (χ4n) is 15.3. The molecule has 12 atom stereocenters. The Morgan fingerprint density at radius 1 is 0.621 bits per heavy atom. The van der Waals surface area contributed by atoms with Gasteiger partial charge in [0.05, 0.1) is 6.20 Å². The lowest BCUT2D eigenvalue weighted by molar-refractivity contribution is -0.118. The first-order valence-corrected chi connectivity index (χ1v) is 22.3. The lowest BCUT2D eigenvalue weighted by Crippen LogP contribution is -2.51. The minimum atomic E-state index is -2.49. The Bertz CT molecular complexity index is 2150. The Morgan fingerprint density at radius 3 is 1.55 bits per heavy atom. The summed E-state index contributed by atoms with van der Waals surface area (Å²) in [5, 5.41) is 0. The largest absolute Gasteiger partial charge is 0.295 e. The molecule has 8 aliphatic carbocycles. The first-order chi connectivity index (χ1) is 27.6. The fourth-order valence-corrected chi connectivity index (χ4v) is 15.3. The maximum absolute atomic E-state index is 13.8. The van der Waals surface area contributed by atoms with Crippen LogP contribution in [-0.4, -0.2) is 21.5 Å². The minimum absolute atomic E-state index is 0.00888. The first kappa shape index (κ1) is 39.8. The van der Waals surface area contributed by atoms with Gasteiger partial charge in [0.1, 0.15) is 5.82 Å². The van der Waals surface area contributed by atoms with E-state index in [4.69, 9.17) is 0 Å². The number of hydrogen-bond acceptors (Lipinski definition) is 4. The highest BCUT2D eigenvalue weighted by molar-refractivity contribution is 5.92. The highest BCUT2D eigenvalue weighted by atomic mass is 19.3. The van der Waals surface area contributed by atoms with Gasteiger partial charge in [0, 0.05) is 37.0 Å². The van der Waals surface area contributed by atoms with E-state index < -0.39 is 6.43 Å². The second kappa shape index (κ2) is 14.3. The topological polar surface area (TPSA) is 59.9 Å². The van der Waals surface area contributed by atoms with Crippen molar-refractivity contribution in [3.05, 3.63) is 94.9 Å². The van der Waals surface area contributed by atoms with E-state index in [1.807, 2.05) is 18.3 Å². The van der Waals surface area contributed by atoms with Crippen LogP contribution in [0.2, 0.25) is 0 Å². The van der Waals surface area contributed by atoms with Crippen molar-refractivity contribution in [3.8, 4) is 0 Å². The van der Waals surface area contributed by atoms with Gasteiger partial charge in [-0.1, -0.05) is 64.8 Å². The number of nitrogens with zero attached hydrogens (tertiary/aromatic N) is 2. The van der Waals surface area contributed by atoms with Crippen molar-refractivity contribution in [1.82, 2.24) is 9.97 Å². The summed E-state index contributed by atoms with van der Waals surface area (Å²) in [7, 11) is 0. The van der Waals surface area contributed by atoms with Gasteiger partial charge >= 0.3 is 0 Å². The van der Waals surface area contributed by atoms with Crippen molar-refractivity contribution in [2.75, 3.05) is 0 Å². The number of halogens is 3. The summed E-state index contributed by atoms with van der Waals surface area (Å²) in [6, 6.07) is 3.29. The van der Waals surface area contributed by atoms with Gasteiger partial charge in [0.15, 0.2) is 11.6 Å². The Balaban J connectivity index is 0.000000151. The van der Waals surface area contributed by atoms with E-state index in [0.717, 1.165) is 62.5 Å². The van der Waals surface area contributed by atoms with E-state index >= 15 is 0 Å².